The van der Waals surface area contributed by atoms with Gasteiger partial charge in [-0.1, -0.05) is 19.9 Å². The Morgan fingerprint density at radius 2 is 2.10 bits per heavy atom. The Morgan fingerprint density at radius 1 is 1.50 bits per heavy atom. The number of hydrogen-bond acceptors (Lipinski definition) is 2. The second kappa shape index (κ2) is 1.99. The summed E-state index contributed by atoms with van der Waals surface area (Å²) in [6.45, 7) is 3.78. The van der Waals surface area contributed by atoms with Crippen molar-refractivity contribution < 1.29 is 8.42 Å². The van der Waals surface area contributed by atoms with Crippen molar-refractivity contribution in [1.82, 2.24) is 4.72 Å². The van der Waals surface area contributed by atoms with Crippen molar-refractivity contribution in [3.63, 3.8) is 0 Å². The molecule has 1 rings (SSSR count). The van der Waals surface area contributed by atoms with Gasteiger partial charge in [-0.2, -0.15) is 0 Å². The van der Waals surface area contributed by atoms with E-state index in [0.717, 1.165) is 0 Å². The molecule has 0 atom stereocenters. The zero-order valence-electron chi connectivity index (χ0n) is 6.09. The molecule has 0 unspecified atom stereocenters. The maximum absolute atomic E-state index is 10.9. The molecule has 0 bridgehead atoms. The molecule has 0 aromatic heterocycles. The lowest BCUT2D eigenvalue weighted by atomic mass is 9.97. The van der Waals surface area contributed by atoms with E-state index in [2.05, 4.69) is 4.72 Å². The molecule has 1 N–H and O–H groups in total. The average molecular weight is 161 g/mol. The van der Waals surface area contributed by atoms with Gasteiger partial charge < -0.3 is 0 Å². The molecular formula is C6H11NO2S. The molecule has 0 spiro atoms. The molecule has 0 saturated carbocycles. The first-order valence-electron chi connectivity index (χ1n) is 3.09. The Balaban J connectivity index is 2.94. The lowest BCUT2D eigenvalue weighted by Gasteiger charge is -2.23. The van der Waals surface area contributed by atoms with Crippen LogP contribution in [0.3, 0.4) is 0 Å². The van der Waals surface area contributed by atoms with E-state index in [1.165, 1.54) is 6.20 Å². The SMILES string of the molecule is CC1(C)C=CNS(=O)(=O)C1. The third kappa shape index (κ3) is 1.73. The van der Waals surface area contributed by atoms with Gasteiger partial charge in [0.15, 0.2) is 0 Å². The van der Waals surface area contributed by atoms with Crippen LogP contribution in [-0.2, 0) is 10.0 Å². The summed E-state index contributed by atoms with van der Waals surface area (Å²) < 4.78 is 24.1. The Hall–Kier alpha value is -0.510. The van der Waals surface area contributed by atoms with Crippen LogP contribution >= 0.6 is 0 Å². The molecule has 1 aliphatic rings. The smallest absolute Gasteiger partial charge is 0.233 e. The largest absolute Gasteiger partial charge is 0.291 e. The van der Waals surface area contributed by atoms with Crippen molar-refractivity contribution in [1.29, 1.82) is 0 Å². The molecule has 3 nitrogen and oxygen atoms in total. The van der Waals surface area contributed by atoms with E-state index < -0.39 is 10.0 Å². The van der Waals surface area contributed by atoms with E-state index in [1.807, 2.05) is 19.9 Å². The summed E-state index contributed by atoms with van der Waals surface area (Å²) in [4.78, 5) is 0. The summed E-state index contributed by atoms with van der Waals surface area (Å²) in [6, 6.07) is 0. The van der Waals surface area contributed by atoms with Crippen molar-refractivity contribution >= 4 is 10.0 Å². The third-order valence-electron chi connectivity index (χ3n) is 1.34. The summed E-state index contributed by atoms with van der Waals surface area (Å²) >= 11 is 0. The second-order valence-corrected chi connectivity index (χ2v) is 4.95. The molecule has 0 aromatic carbocycles. The minimum Gasteiger partial charge on any atom is -0.291 e. The van der Waals surface area contributed by atoms with Crippen LogP contribution in [0.25, 0.3) is 0 Å². The highest BCUT2D eigenvalue weighted by Gasteiger charge is 2.25. The number of sulfonamides is 1. The Labute approximate surface area is 61.2 Å². The predicted octanol–water partition coefficient (Wildman–Crippen LogP) is 0.459. The normalized spacial score (nSPS) is 27.4. The van der Waals surface area contributed by atoms with Gasteiger partial charge >= 0.3 is 0 Å². The lowest BCUT2D eigenvalue weighted by Crippen LogP contribution is -2.34. The van der Waals surface area contributed by atoms with Crippen molar-refractivity contribution in [2.45, 2.75) is 13.8 Å². The van der Waals surface area contributed by atoms with Crippen LogP contribution in [0.4, 0.5) is 0 Å². The number of nitrogens with one attached hydrogen (secondary N) is 1. The molecule has 4 heteroatoms. The van der Waals surface area contributed by atoms with Crippen molar-refractivity contribution in [3.8, 4) is 0 Å². The fourth-order valence-electron chi connectivity index (χ4n) is 0.943. The van der Waals surface area contributed by atoms with Crippen LogP contribution in [0.1, 0.15) is 13.8 Å². The molecule has 0 saturated heterocycles. The van der Waals surface area contributed by atoms with E-state index in [-0.39, 0.29) is 11.2 Å². The van der Waals surface area contributed by atoms with Gasteiger partial charge in [0.25, 0.3) is 0 Å². The molecule has 0 fully saturated rings. The fourth-order valence-corrected chi connectivity index (χ4v) is 2.38. The number of allylic oxidation sites excluding steroid dienone is 1. The Morgan fingerprint density at radius 3 is 2.40 bits per heavy atom. The molecule has 0 aliphatic carbocycles. The summed E-state index contributed by atoms with van der Waals surface area (Å²) in [6.07, 6.45) is 3.34. The Bertz CT molecular complexity index is 251. The lowest BCUT2D eigenvalue weighted by molar-refractivity contribution is 0.506. The topological polar surface area (TPSA) is 46.2 Å². The van der Waals surface area contributed by atoms with Crippen LogP contribution in [-0.4, -0.2) is 14.2 Å². The van der Waals surface area contributed by atoms with Gasteiger partial charge in [0.1, 0.15) is 0 Å². The van der Waals surface area contributed by atoms with E-state index in [0.29, 0.717) is 0 Å². The summed E-state index contributed by atoms with van der Waals surface area (Å²) in [5.74, 6) is 0.177. The molecule has 58 valence electrons. The molecular weight excluding hydrogens is 150 g/mol. The molecule has 0 aromatic rings. The van der Waals surface area contributed by atoms with E-state index in [9.17, 15) is 8.42 Å². The van der Waals surface area contributed by atoms with Crippen LogP contribution in [0.2, 0.25) is 0 Å². The number of hydrogen-bond donors (Lipinski definition) is 1. The summed E-state index contributed by atoms with van der Waals surface area (Å²) in [5, 5.41) is 0. The quantitative estimate of drug-likeness (QED) is 0.561. The average Bonchev–Trinajstić information content (AvgIpc) is 1.56. The van der Waals surface area contributed by atoms with Crippen molar-refractivity contribution in [2.24, 2.45) is 5.41 Å². The Kier molecular flexibility index (Phi) is 1.51. The fraction of sp³-hybridized carbons (Fsp3) is 0.667. The van der Waals surface area contributed by atoms with Gasteiger partial charge in [0, 0.05) is 11.6 Å². The minimum atomic E-state index is -3.03. The highest BCUT2D eigenvalue weighted by molar-refractivity contribution is 7.89. The number of rotatable bonds is 0. The summed E-state index contributed by atoms with van der Waals surface area (Å²) in [5.41, 5.74) is -0.218. The first-order valence-corrected chi connectivity index (χ1v) is 4.74. The maximum Gasteiger partial charge on any atom is 0.233 e. The standard InChI is InChI=1S/C6H11NO2S/c1-6(2)3-4-7-10(8,9)5-6/h3-4,7H,5H2,1-2H3. The van der Waals surface area contributed by atoms with Crippen molar-refractivity contribution in [2.75, 3.05) is 5.75 Å². The van der Waals surface area contributed by atoms with Gasteiger partial charge in [-0.05, 0) is 0 Å². The van der Waals surface area contributed by atoms with Gasteiger partial charge in [-0.15, -0.1) is 0 Å². The molecule has 0 amide bonds. The van der Waals surface area contributed by atoms with Crippen LogP contribution < -0.4 is 4.72 Å². The predicted molar refractivity (Wildman–Crippen MR) is 39.8 cm³/mol. The monoisotopic (exact) mass is 161 g/mol. The van der Waals surface area contributed by atoms with E-state index in [1.54, 1.807) is 0 Å². The zero-order valence-corrected chi connectivity index (χ0v) is 6.90. The van der Waals surface area contributed by atoms with Gasteiger partial charge in [0.2, 0.25) is 10.0 Å². The second-order valence-electron chi connectivity index (χ2n) is 3.20. The highest BCUT2D eigenvalue weighted by atomic mass is 32.2. The minimum absolute atomic E-state index is 0.177. The van der Waals surface area contributed by atoms with E-state index >= 15 is 0 Å². The molecule has 1 heterocycles. The van der Waals surface area contributed by atoms with Crippen LogP contribution in [0, 0.1) is 5.41 Å². The van der Waals surface area contributed by atoms with Crippen LogP contribution in [0.5, 0.6) is 0 Å². The van der Waals surface area contributed by atoms with Gasteiger partial charge in [0.05, 0.1) is 5.75 Å². The van der Waals surface area contributed by atoms with E-state index in [4.69, 9.17) is 0 Å². The highest BCUT2D eigenvalue weighted by Crippen LogP contribution is 2.21. The summed E-state index contributed by atoms with van der Waals surface area (Å²) in [7, 11) is -3.03. The first kappa shape index (κ1) is 7.60. The molecule has 0 radical (unpaired) electrons. The van der Waals surface area contributed by atoms with Crippen LogP contribution in [0.15, 0.2) is 12.3 Å². The maximum atomic E-state index is 10.9. The third-order valence-corrected chi connectivity index (χ3v) is 2.96. The van der Waals surface area contributed by atoms with Gasteiger partial charge in [-0.25, -0.2) is 8.42 Å². The molecule has 10 heavy (non-hydrogen) atoms. The first-order chi connectivity index (χ1) is 4.41. The van der Waals surface area contributed by atoms with Gasteiger partial charge in [-0.3, -0.25) is 4.72 Å². The van der Waals surface area contributed by atoms with Crippen molar-refractivity contribution in [3.05, 3.63) is 12.3 Å². The molecule has 1 aliphatic heterocycles. The zero-order chi connectivity index (χ0) is 7.83.